The first-order valence-corrected chi connectivity index (χ1v) is 8.89. The van der Waals surface area contributed by atoms with Crippen molar-refractivity contribution in [3.8, 4) is 11.1 Å². The maximum absolute atomic E-state index is 11.5. The Kier molecular flexibility index (Phi) is 4.41. The van der Waals surface area contributed by atoms with Crippen LogP contribution in [-0.2, 0) is 14.9 Å². The monoisotopic (exact) mass is 352 g/mol. The lowest BCUT2D eigenvalue weighted by atomic mass is 10.1. The predicted molar refractivity (Wildman–Crippen MR) is 86.5 cm³/mol. The molecule has 1 aromatic heterocycles. The molecule has 0 radical (unpaired) electrons. The van der Waals surface area contributed by atoms with E-state index in [-0.39, 0.29) is 5.69 Å². The summed E-state index contributed by atoms with van der Waals surface area (Å²) in [6.45, 7) is 3.16. The number of quaternary nitrogens is 1. The number of nitrogens with zero attached hydrogens (tertiary/aromatic N) is 1. The summed E-state index contributed by atoms with van der Waals surface area (Å²) in [6, 6.07) is 8.83. The van der Waals surface area contributed by atoms with Gasteiger partial charge in [-0.1, -0.05) is 0 Å². The number of aromatic nitrogens is 1. The number of rotatable bonds is 4. The van der Waals surface area contributed by atoms with Gasteiger partial charge in [0.25, 0.3) is 0 Å². The maximum atomic E-state index is 11.5. The third-order valence-electron chi connectivity index (χ3n) is 4.03. The Morgan fingerprint density at radius 1 is 1.17 bits per heavy atom. The minimum atomic E-state index is -4.17. The Morgan fingerprint density at radius 2 is 1.79 bits per heavy atom. The second-order valence-electron chi connectivity index (χ2n) is 5.52. The Balaban J connectivity index is 1.97. The van der Waals surface area contributed by atoms with E-state index in [9.17, 15) is 18.3 Å². The van der Waals surface area contributed by atoms with Gasteiger partial charge in [-0.15, -0.1) is 0 Å². The van der Waals surface area contributed by atoms with Crippen molar-refractivity contribution in [2.45, 2.75) is 0 Å². The number of benzene rings is 1. The minimum Gasteiger partial charge on any atom is -0.477 e. The highest BCUT2D eigenvalue weighted by Crippen LogP contribution is 2.26. The topological polar surface area (TPSA) is 116 Å². The molecule has 0 saturated carbocycles. The quantitative estimate of drug-likeness (QED) is 0.683. The SMILES string of the molecule is NS(=O)(=O)n1ccc(-c2ccc([NH+]3CCOCC3)cc2)c1C(=O)O. The summed E-state index contributed by atoms with van der Waals surface area (Å²) in [4.78, 5) is 12.8. The van der Waals surface area contributed by atoms with Crippen molar-refractivity contribution in [2.24, 2.45) is 5.14 Å². The Morgan fingerprint density at radius 3 is 2.33 bits per heavy atom. The number of hydrogen-bond donors (Lipinski definition) is 3. The molecule has 1 aromatic carbocycles. The third-order valence-corrected chi connectivity index (χ3v) is 4.88. The molecule has 24 heavy (non-hydrogen) atoms. The molecule has 1 aliphatic heterocycles. The highest BCUT2D eigenvalue weighted by molar-refractivity contribution is 7.87. The van der Waals surface area contributed by atoms with Gasteiger partial charge < -0.3 is 9.84 Å². The first-order chi connectivity index (χ1) is 11.4. The number of carbonyl (C=O) groups is 1. The summed E-state index contributed by atoms with van der Waals surface area (Å²) in [5, 5.41) is 14.4. The Hall–Kier alpha value is -2.20. The van der Waals surface area contributed by atoms with E-state index in [0.29, 0.717) is 28.3 Å². The lowest BCUT2D eigenvalue weighted by molar-refractivity contribution is -0.842. The summed E-state index contributed by atoms with van der Waals surface area (Å²) in [5.41, 5.74) is 1.64. The summed E-state index contributed by atoms with van der Waals surface area (Å²) < 4.78 is 29.0. The smallest absolute Gasteiger partial charge is 0.354 e. The van der Waals surface area contributed by atoms with Crippen LogP contribution in [0.15, 0.2) is 36.5 Å². The molecule has 0 bridgehead atoms. The zero-order valence-corrected chi connectivity index (χ0v) is 13.6. The van der Waals surface area contributed by atoms with Gasteiger partial charge in [0.15, 0.2) is 5.69 Å². The van der Waals surface area contributed by atoms with Crippen LogP contribution in [0.25, 0.3) is 11.1 Å². The number of hydrogen-bond acceptors (Lipinski definition) is 4. The number of morpholine rings is 1. The van der Waals surface area contributed by atoms with Crippen LogP contribution in [0.5, 0.6) is 0 Å². The van der Waals surface area contributed by atoms with Crippen LogP contribution in [0.1, 0.15) is 10.5 Å². The van der Waals surface area contributed by atoms with Gasteiger partial charge in [0.1, 0.15) is 18.8 Å². The van der Waals surface area contributed by atoms with Crippen molar-refractivity contribution >= 4 is 21.9 Å². The van der Waals surface area contributed by atoms with E-state index < -0.39 is 16.2 Å². The molecular weight excluding hydrogens is 334 g/mol. The fourth-order valence-electron chi connectivity index (χ4n) is 2.86. The van der Waals surface area contributed by atoms with Crippen molar-refractivity contribution in [3.05, 3.63) is 42.2 Å². The lowest BCUT2D eigenvalue weighted by Gasteiger charge is -2.23. The predicted octanol–water partition coefficient (Wildman–Crippen LogP) is -0.548. The molecule has 0 spiro atoms. The van der Waals surface area contributed by atoms with Gasteiger partial charge in [-0.05, 0) is 35.9 Å². The average molecular weight is 352 g/mol. The van der Waals surface area contributed by atoms with Gasteiger partial charge in [0, 0.05) is 11.8 Å². The van der Waals surface area contributed by atoms with Crippen LogP contribution in [0.2, 0.25) is 0 Å². The van der Waals surface area contributed by atoms with Gasteiger partial charge in [-0.25, -0.2) is 13.9 Å². The normalized spacial score (nSPS) is 16.2. The summed E-state index contributed by atoms with van der Waals surface area (Å²) in [5.74, 6) is -1.35. The fraction of sp³-hybridized carbons (Fsp3) is 0.267. The average Bonchev–Trinajstić information content (AvgIpc) is 3.01. The number of ether oxygens (including phenoxy) is 1. The number of aromatic carboxylic acids is 1. The molecule has 9 heteroatoms. The third kappa shape index (κ3) is 3.20. The minimum absolute atomic E-state index is 0.306. The molecule has 0 aliphatic carbocycles. The summed E-state index contributed by atoms with van der Waals surface area (Å²) in [7, 11) is -4.17. The lowest BCUT2D eigenvalue weighted by Crippen LogP contribution is -3.09. The van der Waals surface area contributed by atoms with Crippen LogP contribution in [0, 0.1) is 0 Å². The van der Waals surface area contributed by atoms with Crippen LogP contribution >= 0.6 is 0 Å². The van der Waals surface area contributed by atoms with E-state index in [1.807, 2.05) is 12.1 Å². The van der Waals surface area contributed by atoms with Crippen molar-refractivity contribution < 1.29 is 28.0 Å². The molecule has 0 amide bonds. The Labute approximate surface area is 139 Å². The zero-order chi connectivity index (χ0) is 17.3. The van der Waals surface area contributed by atoms with Gasteiger partial charge in [0.2, 0.25) is 0 Å². The molecule has 1 aliphatic rings. The molecule has 1 fully saturated rings. The van der Waals surface area contributed by atoms with Gasteiger partial charge >= 0.3 is 16.2 Å². The van der Waals surface area contributed by atoms with Gasteiger partial charge in [-0.2, -0.15) is 8.42 Å². The molecule has 0 atom stereocenters. The van der Waals surface area contributed by atoms with E-state index in [4.69, 9.17) is 9.88 Å². The highest BCUT2D eigenvalue weighted by Gasteiger charge is 2.23. The number of nitrogens with two attached hydrogens (primary N) is 1. The highest BCUT2D eigenvalue weighted by atomic mass is 32.2. The zero-order valence-electron chi connectivity index (χ0n) is 12.8. The Bertz CT molecular complexity index is 852. The van der Waals surface area contributed by atoms with E-state index in [2.05, 4.69) is 0 Å². The number of nitrogens with one attached hydrogen (secondary N) is 1. The van der Waals surface area contributed by atoms with Crippen LogP contribution in [-0.4, -0.2) is 49.8 Å². The van der Waals surface area contributed by atoms with Crippen molar-refractivity contribution in [3.63, 3.8) is 0 Å². The van der Waals surface area contributed by atoms with Gasteiger partial charge in [0.05, 0.1) is 13.2 Å². The van der Waals surface area contributed by atoms with E-state index in [1.165, 1.54) is 11.0 Å². The van der Waals surface area contributed by atoms with Gasteiger partial charge in [-0.3, -0.25) is 4.90 Å². The first kappa shape index (κ1) is 16.7. The van der Waals surface area contributed by atoms with Crippen molar-refractivity contribution in [2.75, 3.05) is 26.3 Å². The first-order valence-electron chi connectivity index (χ1n) is 7.39. The molecule has 0 unspecified atom stereocenters. The van der Waals surface area contributed by atoms with Crippen LogP contribution in [0.3, 0.4) is 0 Å². The van der Waals surface area contributed by atoms with Crippen LogP contribution in [0.4, 0.5) is 5.69 Å². The molecule has 2 heterocycles. The molecule has 3 rings (SSSR count). The molecular formula is C15H18N3O5S+. The standard InChI is InChI=1S/C15H17N3O5S/c16-24(21,22)18-6-5-13(14(18)15(19)20)11-1-3-12(4-2-11)17-7-9-23-10-8-17/h1-6H,7-10H2,(H,19,20)(H2,16,21,22)/p+1. The summed E-state index contributed by atoms with van der Waals surface area (Å²) >= 11 is 0. The van der Waals surface area contributed by atoms with Crippen LogP contribution < -0.4 is 10.0 Å². The molecule has 128 valence electrons. The van der Waals surface area contributed by atoms with E-state index in [1.54, 1.807) is 12.1 Å². The van der Waals surface area contributed by atoms with E-state index in [0.717, 1.165) is 25.0 Å². The van der Waals surface area contributed by atoms with E-state index >= 15 is 0 Å². The fourth-order valence-corrected chi connectivity index (χ4v) is 3.52. The largest absolute Gasteiger partial charge is 0.477 e. The maximum Gasteiger partial charge on any atom is 0.354 e. The molecule has 1 saturated heterocycles. The second-order valence-corrected chi connectivity index (χ2v) is 6.94. The second kappa shape index (κ2) is 6.36. The number of carboxylic acid groups (broad SMARTS) is 1. The molecule has 4 N–H and O–H groups in total. The number of carboxylic acids is 1. The van der Waals surface area contributed by atoms with Crippen molar-refractivity contribution in [1.29, 1.82) is 0 Å². The molecule has 2 aromatic rings. The van der Waals surface area contributed by atoms with Crippen molar-refractivity contribution in [1.82, 2.24) is 3.97 Å². The molecule has 8 nitrogen and oxygen atoms in total. The summed E-state index contributed by atoms with van der Waals surface area (Å²) in [6.07, 6.45) is 1.15.